The first-order valence-electron chi connectivity index (χ1n) is 5.58. The van der Waals surface area contributed by atoms with Crippen LogP contribution >= 0.6 is 30.8 Å². The van der Waals surface area contributed by atoms with Gasteiger partial charge < -0.3 is 9.05 Å². The molecule has 0 bridgehead atoms. The Hall–Kier alpha value is -0.390. The molecule has 0 radical (unpaired) electrons. The maximum absolute atomic E-state index is 12.6. The molecule has 0 saturated heterocycles. The smallest absolute Gasteiger partial charge is 0.304 e. The molecule has 0 unspecified atom stereocenters. The number of halogens is 2. The second kappa shape index (κ2) is 8.02. The van der Waals surface area contributed by atoms with Gasteiger partial charge in [-0.25, -0.2) is 0 Å². The second-order valence-electron chi connectivity index (χ2n) is 3.57. The Morgan fingerprint density at radius 2 is 1.74 bits per heavy atom. The maximum Gasteiger partial charge on any atom is 0.364 e. The van der Waals surface area contributed by atoms with E-state index < -0.39 is 12.5 Å². The molecule has 0 amide bonds. The Bertz CT molecular complexity index is 426. The van der Waals surface area contributed by atoms with E-state index >= 15 is 0 Å². The SMILES string of the molecule is O=[N+]([O-])C1=C(P(=O)(OCCCl)OCCCl)CC=CC1. The lowest BCUT2D eigenvalue weighted by molar-refractivity contribution is -0.427. The highest BCUT2D eigenvalue weighted by atomic mass is 35.5. The van der Waals surface area contributed by atoms with Crippen molar-refractivity contribution < 1.29 is 18.5 Å². The number of hydrogen-bond acceptors (Lipinski definition) is 5. The summed E-state index contributed by atoms with van der Waals surface area (Å²) in [5.41, 5.74) is -0.144. The van der Waals surface area contributed by atoms with Crippen LogP contribution in [0.15, 0.2) is 23.2 Å². The predicted molar refractivity (Wildman–Crippen MR) is 73.3 cm³/mol. The van der Waals surface area contributed by atoms with Crippen LogP contribution in [0.3, 0.4) is 0 Å². The number of alkyl halides is 2. The molecule has 1 aliphatic rings. The summed E-state index contributed by atoms with van der Waals surface area (Å²) in [6.07, 6.45) is 3.61. The van der Waals surface area contributed by atoms with Crippen molar-refractivity contribution in [3.05, 3.63) is 33.3 Å². The molecule has 0 saturated carbocycles. The molecular formula is C10H14Cl2NO5P. The Morgan fingerprint density at radius 3 is 2.21 bits per heavy atom. The molecule has 108 valence electrons. The normalized spacial score (nSPS) is 15.9. The molecule has 19 heavy (non-hydrogen) atoms. The molecule has 1 aliphatic carbocycles. The number of hydrogen-bond donors (Lipinski definition) is 0. The predicted octanol–water partition coefficient (Wildman–Crippen LogP) is 3.53. The first kappa shape index (κ1) is 16.7. The van der Waals surface area contributed by atoms with E-state index in [1.54, 1.807) is 12.2 Å². The summed E-state index contributed by atoms with van der Waals surface area (Å²) < 4.78 is 22.9. The van der Waals surface area contributed by atoms with Crippen molar-refractivity contribution in [3.63, 3.8) is 0 Å². The van der Waals surface area contributed by atoms with E-state index in [9.17, 15) is 14.7 Å². The van der Waals surface area contributed by atoms with Crippen LogP contribution in [0.1, 0.15) is 12.8 Å². The number of allylic oxidation sites excluding steroid dienone is 3. The van der Waals surface area contributed by atoms with E-state index in [0.29, 0.717) is 0 Å². The molecule has 0 heterocycles. The third-order valence-electron chi connectivity index (χ3n) is 2.35. The van der Waals surface area contributed by atoms with Crippen LogP contribution in [-0.2, 0) is 13.6 Å². The van der Waals surface area contributed by atoms with Gasteiger partial charge in [0.05, 0.1) is 24.6 Å². The monoisotopic (exact) mass is 329 g/mol. The lowest BCUT2D eigenvalue weighted by Crippen LogP contribution is -2.10. The summed E-state index contributed by atoms with van der Waals surface area (Å²) in [7, 11) is -3.72. The van der Waals surface area contributed by atoms with Gasteiger partial charge in [0, 0.05) is 18.2 Å². The van der Waals surface area contributed by atoms with Gasteiger partial charge in [-0.05, 0) is 0 Å². The first-order valence-corrected chi connectivity index (χ1v) is 8.19. The molecule has 0 aromatic heterocycles. The van der Waals surface area contributed by atoms with Crippen molar-refractivity contribution >= 4 is 30.8 Å². The van der Waals surface area contributed by atoms with Gasteiger partial charge in [-0.2, -0.15) is 0 Å². The minimum atomic E-state index is -3.72. The summed E-state index contributed by atoms with van der Waals surface area (Å²) in [5.74, 6) is 0.232. The minimum Gasteiger partial charge on any atom is -0.304 e. The van der Waals surface area contributed by atoms with Gasteiger partial charge in [-0.15, -0.1) is 23.2 Å². The standard InChI is InChI=1S/C10H14Cl2NO5P/c11-5-7-17-19(16,18-8-6-12)10-4-2-1-3-9(10)13(14)15/h1-2H,3-8H2. The Balaban J connectivity index is 3.06. The van der Waals surface area contributed by atoms with E-state index in [2.05, 4.69) is 0 Å². The van der Waals surface area contributed by atoms with Crippen LogP contribution in [0.25, 0.3) is 0 Å². The van der Waals surface area contributed by atoms with E-state index in [0.717, 1.165) is 0 Å². The molecule has 0 aromatic rings. The van der Waals surface area contributed by atoms with Gasteiger partial charge in [0.2, 0.25) is 0 Å². The molecule has 0 N–H and O–H groups in total. The maximum atomic E-state index is 12.6. The zero-order valence-corrected chi connectivity index (χ0v) is 12.5. The van der Waals surface area contributed by atoms with Crippen molar-refractivity contribution in [2.24, 2.45) is 0 Å². The number of nitro groups is 1. The van der Waals surface area contributed by atoms with Crippen LogP contribution in [0, 0.1) is 10.1 Å². The fraction of sp³-hybridized carbons (Fsp3) is 0.600. The molecule has 0 spiro atoms. The molecule has 0 atom stereocenters. The molecule has 0 aromatic carbocycles. The van der Waals surface area contributed by atoms with Crippen molar-refractivity contribution in [2.45, 2.75) is 12.8 Å². The zero-order chi connectivity index (χ0) is 14.3. The Kier molecular flexibility index (Phi) is 7.04. The topological polar surface area (TPSA) is 78.7 Å². The summed E-state index contributed by atoms with van der Waals surface area (Å²) >= 11 is 11.0. The molecule has 0 fully saturated rings. The molecule has 9 heteroatoms. The van der Waals surface area contributed by atoms with Crippen molar-refractivity contribution in [2.75, 3.05) is 25.0 Å². The Morgan fingerprint density at radius 1 is 1.21 bits per heavy atom. The first-order chi connectivity index (χ1) is 9.05. The third kappa shape index (κ3) is 4.58. The number of nitrogens with zero attached hydrogens (tertiary/aromatic N) is 1. The van der Waals surface area contributed by atoms with Gasteiger partial charge in [-0.1, -0.05) is 12.2 Å². The Labute approximate surface area is 121 Å². The summed E-state index contributed by atoms with van der Waals surface area (Å²) in [5, 5.41) is 11.1. The summed E-state index contributed by atoms with van der Waals surface area (Å²) in [6.45, 7) is -0.0291. The van der Waals surface area contributed by atoms with E-state index in [-0.39, 0.29) is 48.8 Å². The highest BCUT2D eigenvalue weighted by molar-refractivity contribution is 7.58. The highest BCUT2D eigenvalue weighted by Gasteiger charge is 2.37. The molecule has 1 rings (SSSR count). The van der Waals surface area contributed by atoms with E-state index in [1.165, 1.54) is 0 Å². The lowest BCUT2D eigenvalue weighted by atomic mass is 10.1. The van der Waals surface area contributed by atoms with Crippen LogP contribution < -0.4 is 0 Å². The van der Waals surface area contributed by atoms with Gasteiger partial charge in [0.1, 0.15) is 5.31 Å². The summed E-state index contributed by atoms with van der Waals surface area (Å²) in [4.78, 5) is 10.4. The average Bonchev–Trinajstić information content (AvgIpc) is 2.43. The summed E-state index contributed by atoms with van der Waals surface area (Å²) in [6, 6.07) is 0. The average molecular weight is 330 g/mol. The minimum absolute atomic E-state index is 0.0146. The van der Waals surface area contributed by atoms with Crippen molar-refractivity contribution in [1.82, 2.24) is 0 Å². The van der Waals surface area contributed by atoms with Gasteiger partial charge in [0.25, 0.3) is 5.70 Å². The number of rotatable bonds is 8. The van der Waals surface area contributed by atoms with Crippen LogP contribution in [0.2, 0.25) is 0 Å². The molecule has 0 aliphatic heterocycles. The zero-order valence-electron chi connectivity index (χ0n) is 10.1. The fourth-order valence-electron chi connectivity index (χ4n) is 1.58. The van der Waals surface area contributed by atoms with Gasteiger partial charge in [0.15, 0.2) is 0 Å². The molecular weight excluding hydrogens is 316 g/mol. The van der Waals surface area contributed by atoms with E-state index in [1.807, 2.05) is 0 Å². The largest absolute Gasteiger partial charge is 0.364 e. The highest BCUT2D eigenvalue weighted by Crippen LogP contribution is 2.59. The quantitative estimate of drug-likeness (QED) is 0.224. The second-order valence-corrected chi connectivity index (χ2v) is 6.38. The van der Waals surface area contributed by atoms with Crippen LogP contribution in [0.5, 0.6) is 0 Å². The van der Waals surface area contributed by atoms with Crippen LogP contribution in [-0.4, -0.2) is 29.9 Å². The molecule has 6 nitrogen and oxygen atoms in total. The van der Waals surface area contributed by atoms with Crippen LogP contribution in [0.4, 0.5) is 0 Å². The third-order valence-corrected chi connectivity index (χ3v) is 4.81. The fourth-order valence-corrected chi connectivity index (χ4v) is 3.81. The van der Waals surface area contributed by atoms with E-state index in [4.69, 9.17) is 32.2 Å². The van der Waals surface area contributed by atoms with Gasteiger partial charge in [-0.3, -0.25) is 14.7 Å². The lowest BCUT2D eigenvalue weighted by Gasteiger charge is -2.21. The van der Waals surface area contributed by atoms with Crippen molar-refractivity contribution in [1.29, 1.82) is 0 Å². The van der Waals surface area contributed by atoms with Gasteiger partial charge >= 0.3 is 7.60 Å². The van der Waals surface area contributed by atoms with Crippen molar-refractivity contribution in [3.8, 4) is 0 Å².